The van der Waals surface area contributed by atoms with E-state index in [1.54, 1.807) is 27.7 Å². The smallest absolute Gasteiger partial charge is 0.368 e. The van der Waals surface area contributed by atoms with Crippen LogP contribution < -0.4 is 0 Å². The summed E-state index contributed by atoms with van der Waals surface area (Å²) in [5.41, 5.74) is 0. The summed E-state index contributed by atoms with van der Waals surface area (Å²) >= 11 is 0.839. The van der Waals surface area contributed by atoms with Gasteiger partial charge in [-0.15, -0.1) is 0 Å². The normalized spacial score (nSPS) is 10.9. The number of esters is 1. The Morgan fingerprint density at radius 2 is 1.64 bits per heavy atom. The van der Waals surface area contributed by atoms with Gasteiger partial charge in [-0.2, -0.15) is 0 Å². The van der Waals surface area contributed by atoms with Gasteiger partial charge in [0.2, 0.25) is 0 Å². The summed E-state index contributed by atoms with van der Waals surface area (Å²) in [5.74, 6) is -0.405. The lowest BCUT2D eigenvalue weighted by atomic mass is 10.2. The SMILES string of the molecule is CCOC(=O)SC(C)(C)C(=O)OCC. The molecule has 0 unspecified atom stereocenters. The minimum Gasteiger partial charge on any atom is -0.465 e. The molecule has 0 N–H and O–H groups in total. The molecule has 0 heterocycles. The zero-order valence-electron chi connectivity index (χ0n) is 8.96. The molecule has 0 aromatic carbocycles. The van der Waals surface area contributed by atoms with Crippen molar-refractivity contribution < 1.29 is 19.1 Å². The van der Waals surface area contributed by atoms with Crippen molar-refractivity contribution in [2.24, 2.45) is 0 Å². The highest BCUT2D eigenvalue weighted by Crippen LogP contribution is 2.27. The topological polar surface area (TPSA) is 52.6 Å². The minimum atomic E-state index is -0.887. The number of rotatable bonds is 4. The van der Waals surface area contributed by atoms with Crippen molar-refractivity contribution in [2.45, 2.75) is 32.4 Å². The Balaban J connectivity index is 4.18. The third-order valence-electron chi connectivity index (χ3n) is 1.37. The zero-order valence-corrected chi connectivity index (χ0v) is 9.77. The van der Waals surface area contributed by atoms with Crippen LogP contribution >= 0.6 is 11.8 Å². The van der Waals surface area contributed by atoms with Crippen LogP contribution in [0.4, 0.5) is 4.79 Å². The van der Waals surface area contributed by atoms with Gasteiger partial charge >= 0.3 is 11.3 Å². The van der Waals surface area contributed by atoms with Crippen LogP contribution in [0.25, 0.3) is 0 Å². The number of carbonyl (C=O) groups excluding carboxylic acids is 2. The Labute approximate surface area is 88.3 Å². The second-order valence-corrected chi connectivity index (χ2v) is 4.57. The van der Waals surface area contributed by atoms with E-state index in [4.69, 9.17) is 9.47 Å². The highest BCUT2D eigenvalue weighted by molar-refractivity contribution is 8.15. The summed E-state index contributed by atoms with van der Waals surface area (Å²) in [7, 11) is 0. The predicted molar refractivity (Wildman–Crippen MR) is 55.3 cm³/mol. The molecule has 0 amide bonds. The van der Waals surface area contributed by atoms with Crippen LogP contribution in [0.5, 0.6) is 0 Å². The van der Waals surface area contributed by atoms with Gasteiger partial charge in [0.25, 0.3) is 0 Å². The maximum atomic E-state index is 11.4. The van der Waals surface area contributed by atoms with E-state index in [-0.39, 0.29) is 0 Å². The van der Waals surface area contributed by atoms with Gasteiger partial charge in [-0.25, -0.2) is 4.79 Å². The summed E-state index contributed by atoms with van der Waals surface area (Å²) in [6.45, 7) is 7.33. The van der Waals surface area contributed by atoms with Crippen LogP contribution in [-0.4, -0.2) is 29.2 Å². The molecule has 0 aliphatic carbocycles. The van der Waals surface area contributed by atoms with Crippen molar-refractivity contribution in [3.63, 3.8) is 0 Å². The number of hydrogen-bond donors (Lipinski definition) is 0. The average Bonchev–Trinajstić information content (AvgIpc) is 2.03. The van der Waals surface area contributed by atoms with Gasteiger partial charge in [0, 0.05) is 0 Å². The lowest BCUT2D eigenvalue weighted by molar-refractivity contribution is -0.145. The van der Waals surface area contributed by atoms with E-state index >= 15 is 0 Å². The average molecular weight is 220 g/mol. The summed E-state index contributed by atoms with van der Waals surface area (Å²) in [6.07, 6.45) is 0. The van der Waals surface area contributed by atoms with Crippen molar-refractivity contribution in [3.8, 4) is 0 Å². The van der Waals surface area contributed by atoms with Gasteiger partial charge in [-0.05, 0) is 39.5 Å². The Kier molecular flexibility index (Phi) is 5.60. The van der Waals surface area contributed by atoms with E-state index in [0.29, 0.717) is 13.2 Å². The molecule has 0 aromatic heterocycles. The van der Waals surface area contributed by atoms with E-state index < -0.39 is 16.0 Å². The molecule has 0 saturated heterocycles. The van der Waals surface area contributed by atoms with E-state index in [1.807, 2.05) is 0 Å². The largest absolute Gasteiger partial charge is 0.465 e. The Bertz CT molecular complexity index is 213. The molecule has 0 spiro atoms. The monoisotopic (exact) mass is 220 g/mol. The van der Waals surface area contributed by atoms with Crippen LogP contribution in [0, 0.1) is 0 Å². The van der Waals surface area contributed by atoms with Crippen LogP contribution in [0.1, 0.15) is 27.7 Å². The molecule has 0 saturated carbocycles. The molecule has 0 radical (unpaired) electrons. The molecular formula is C9H16O4S. The molecule has 0 atom stereocenters. The van der Waals surface area contributed by atoms with Gasteiger partial charge in [0.05, 0.1) is 13.2 Å². The first-order valence-corrected chi connectivity index (χ1v) is 5.28. The fourth-order valence-corrected chi connectivity index (χ4v) is 1.44. The molecular weight excluding hydrogens is 204 g/mol. The number of hydrogen-bond acceptors (Lipinski definition) is 5. The van der Waals surface area contributed by atoms with Crippen molar-refractivity contribution >= 4 is 23.0 Å². The molecule has 4 nitrogen and oxygen atoms in total. The maximum absolute atomic E-state index is 11.4. The summed E-state index contributed by atoms with van der Waals surface area (Å²) in [6, 6.07) is 0. The summed E-state index contributed by atoms with van der Waals surface area (Å²) < 4.78 is 8.65. The fourth-order valence-electron chi connectivity index (χ4n) is 0.702. The molecule has 0 rings (SSSR count). The lowest BCUT2D eigenvalue weighted by Crippen LogP contribution is -2.31. The Morgan fingerprint density at radius 1 is 1.14 bits per heavy atom. The van der Waals surface area contributed by atoms with Crippen molar-refractivity contribution in [3.05, 3.63) is 0 Å². The van der Waals surface area contributed by atoms with Crippen LogP contribution in [-0.2, 0) is 14.3 Å². The molecule has 0 aromatic rings. The van der Waals surface area contributed by atoms with Crippen molar-refractivity contribution in [1.82, 2.24) is 0 Å². The van der Waals surface area contributed by atoms with Crippen LogP contribution in [0.3, 0.4) is 0 Å². The highest BCUT2D eigenvalue weighted by atomic mass is 32.2. The van der Waals surface area contributed by atoms with Gasteiger partial charge in [0.15, 0.2) is 0 Å². The molecule has 14 heavy (non-hydrogen) atoms. The number of carbonyl (C=O) groups is 2. The number of thioether (sulfide) groups is 1. The zero-order chi connectivity index (χ0) is 11.2. The van der Waals surface area contributed by atoms with Crippen molar-refractivity contribution in [2.75, 3.05) is 13.2 Å². The van der Waals surface area contributed by atoms with E-state index in [9.17, 15) is 9.59 Å². The van der Waals surface area contributed by atoms with Crippen LogP contribution in [0.15, 0.2) is 0 Å². The number of ether oxygens (including phenoxy) is 2. The van der Waals surface area contributed by atoms with E-state index in [0.717, 1.165) is 11.8 Å². The fraction of sp³-hybridized carbons (Fsp3) is 0.778. The second kappa shape index (κ2) is 5.90. The predicted octanol–water partition coefficient (Wildman–Crippen LogP) is 2.22. The second-order valence-electron chi connectivity index (χ2n) is 3.02. The third kappa shape index (κ3) is 4.50. The molecule has 0 aliphatic rings. The van der Waals surface area contributed by atoms with E-state index in [1.165, 1.54) is 0 Å². The first-order valence-electron chi connectivity index (χ1n) is 4.47. The van der Waals surface area contributed by atoms with Crippen molar-refractivity contribution in [1.29, 1.82) is 0 Å². The Hall–Kier alpha value is -0.710. The molecule has 5 heteroatoms. The molecule has 0 aliphatic heterocycles. The first-order chi connectivity index (χ1) is 6.44. The first kappa shape index (κ1) is 13.3. The molecule has 0 bridgehead atoms. The quantitative estimate of drug-likeness (QED) is 0.680. The summed E-state index contributed by atoms with van der Waals surface area (Å²) in [4.78, 5) is 22.5. The highest BCUT2D eigenvalue weighted by Gasteiger charge is 2.33. The lowest BCUT2D eigenvalue weighted by Gasteiger charge is -2.19. The summed E-state index contributed by atoms with van der Waals surface area (Å²) in [5, 5.41) is -0.453. The standard InChI is InChI=1S/C9H16O4S/c1-5-12-7(10)9(3,4)14-8(11)13-6-2/h5-6H2,1-4H3. The van der Waals surface area contributed by atoms with Gasteiger partial charge in [-0.1, -0.05) is 0 Å². The minimum absolute atomic E-state index is 0.310. The van der Waals surface area contributed by atoms with Gasteiger partial charge in [0.1, 0.15) is 4.75 Å². The van der Waals surface area contributed by atoms with E-state index in [2.05, 4.69) is 0 Å². The Morgan fingerprint density at radius 3 is 2.07 bits per heavy atom. The molecule has 82 valence electrons. The third-order valence-corrected chi connectivity index (χ3v) is 2.33. The molecule has 0 fully saturated rings. The maximum Gasteiger partial charge on any atom is 0.368 e. The van der Waals surface area contributed by atoms with Gasteiger partial charge in [-0.3, -0.25) is 4.79 Å². The van der Waals surface area contributed by atoms with Gasteiger partial charge < -0.3 is 9.47 Å². The van der Waals surface area contributed by atoms with Crippen LogP contribution in [0.2, 0.25) is 0 Å².